The number of anilines is 1. The van der Waals surface area contributed by atoms with Crippen LogP contribution in [0.25, 0.3) is 0 Å². The van der Waals surface area contributed by atoms with Gasteiger partial charge in [-0.15, -0.1) is 0 Å². The lowest BCUT2D eigenvalue weighted by Gasteiger charge is -2.35. The first-order valence-electron chi connectivity index (χ1n) is 24.8. The van der Waals surface area contributed by atoms with Crippen LogP contribution in [0.1, 0.15) is 129 Å². The number of hydrogen-bond acceptors (Lipinski definition) is 14. The number of carboxylic acids is 2. The van der Waals surface area contributed by atoms with Crippen molar-refractivity contribution in [3.05, 3.63) is 29.8 Å². The van der Waals surface area contributed by atoms with Crippen LogP contribution < -0.4 is 47.7 Å². The summed E-state index contributed by atoms with van der Waals surface area (Å²) in [6, 6.07) is 3.86. The number of primary amides is 1. The van der Waals surface area contributed by atoms with E-state index in [9.17, 15) is 52.2 Å². The lowest BCUT2D eigenvalue weighted by Crippen LogP contribution is -2.45. The summed E-state index contributed by atoms with van der Waals surface area (Å²) in [5.74, 6) is -4.96. The van der Waals surface area contributed by atoms with Crippen molar-refractivity contribution in [3.63, 3.8) is 0 Å². The molecule has 0 aromatic heterocycles. The van der Waals surface area contributed by atoms with E-state index in [-0.39, 0.29) is 87.6 Å². The lowest BCUT2D eigenvalue weighted by atomic mass is 9.73. The Hall–Kier alpha value is -4.94. The summed E-state index contributed by atoms with van der Waals surface area (Å²) in [6.45, 7) is 15.7. The average Bonchev–Trinajstić information content (AvgIpc) is 3.28. The fourth-order valence-electron chi connectivity index (χ4n) is 7.72. The van der Waals surface area contributed by atoms with E-state index in [0.29, 0.717) is 57.4 Å². The van der Waals surface area contributed by atoms with Crippen molar-refractivity contribution in [2.24, 2.45) is 16.6 Å². The Morgan fingerprint density at radius 2 is 1.31 bits per heavy atom. The van der Waals surface area contributed by atoms with E-state index >= 15 is 0 Å². The molecular formula is C48H85N9O13S. The van der Waals surface area contributed by atoms with Crippen molar-refractivity contribution in [2.75, 3.05) is 83.3 Å². The number of carbonyl (C=O) groups is 7. The van der Waals surface area contributed by atoms with Gasteiger partial charge in [0.05, 0.1) is 25.6 Å². The van der Waals surface area contributed by atoms with Gasteiger partial charge in [-0.3, -0.25) is 28.8 Å². The summed E-state index contributed by atoms with van der Waals surface area (Å²) in [4.78, 5) is 85.6. The second-order valence-corrected chi connectivity index (χ2v) is 21.1. The number of ether oxygens (including phenoxy) is 2. The van der Waals surface area contributed by atoms with Crippen LogP contribution in [0, 0.1) is 10.8 Å². The Bertz CT molecular complexity index is 1890. The Balaban J connectivity index is 2.28. The fourth-order valence-corrected chi connectivity index (χ4v) is 8.89. The number of amides is 5. The molecule has 0 radical (unpaired) electrons. The summed E-state index contributed by atoms with van der Waals surface area (Å²) in [6.07, 6.45) is 4.39. The van der Waals surface area contributed by atoms with Crippen molar-refractivity contribution in [1.29, 1.82) is 0 Å². The standard InChI is InChI=1S/C48H85N9O13S/c1-7-23-51-36-16-14-35(15-17-36)44(62)54-25-10-9-13-37(43(49)61)56-42(60)32-70-30-29-69-28-27-53-40(58)20-19-39(46(65)66)57-41(59)21-18-38(45(63)64)52-26-22-47(3,4)33-48(5,6)34-50-24-11-12-31-71(67,68)55-8-2/h14-17,37-39,50-52,55H,7-13,18-34H2,1-6H3,(H2,49,61)(H,53,58)(H,54,62)(H,56,60)(H,57,59)(H,63,64)(H,65,66). The number of hydrogen-bond donors (Lipinski definition) is 11. The molecule has 23 heteroatoms. The van der Waals surface area contributed by atoms with Crippen molar-refractivity contribution in [3.8, 4) is 0 Å². The maximum Gasteiger partial charge on any atom is 0.326 e. The molecule has 0 saturated carbocycles. The minimum atomic E-state index is -3.23. The molecule has 1 rings (SSSR count). The van der Waals surface area contributed by atoms with E-state index in [2.05, 4.69) is 76.6 Å². The third kappa shape index (κ3) is 31.9. The Kier molecular flexibility index (Phi) is 31.8. The van der Waals surface area contributed by atoms with Crippen LogP contribution >= 0.6 is 0 Å². The maximum atomic E-state index is 12.7. The maximum absolute atomic E-state index is 12.7. The van der Waals surface area contributed by atoms with Crippen LogP contribution in [0.4, 0.5) is 5.69 Å². The summed E-state index contributed by atoms with van der Waals surface area (Å²) in [5.41, 5.74) is 6.70. The zero-order chi connectivity index (χ0) is 53.3. The van der Waals surface area contributed by atoms with E-state index in [1.165, 1.54) is 0 Å². The lowest BCUT2D eigenvalue weighted by molar-refractivity contribution is -0.143. The average molecular weight is 1030 g/mol. The quantitative estimate of drug-likeness (QED) is 0.0416. The molecule has 22 nitrogen and oxygen atoms in total. The second kappa shape index (κ2) is 35.2. The molecular weight excluding hydrogens is 943 g/mol. The number of carboxylic acid groups (broad SMARTS) is 2. The molecule has 1 aromatic rings. The van der Waals surface area contributed by atoms with Gasteiger partial charge in [-0.25, -0.2) is 17.9 Å². The molecule has 71 heavy (non-hydrogen) atoms. The largest absolute Gasteiger partial charge is 0.480 e. The molecule has 0 aliphatic heterocycles. The minimum Gasteiger partial charge on any atom is -0.480 e. The molecule has 12 N–H and O–H groups in total. The molecule has 1 aromatic carbocycles. The van der Waals surface area contributed by atoms with Crippen LogP contribution in [-0.2, 0) is 48.3 Å². The Morgan fingerprint density at radius 3 is 1.96 bits per heavy atom. The monoisotopic (exact) mass is 1030 g/mol. The number of nitrogens with one attached hydrogen (secondary N) is 8. The molecule has 0 aliphatic rings. The van der Waals surface area contributed by atoms with Crippen LogP contribution in [-0.4, -0.2) is 156 Å². The number of benzene rings is 1. The Morgan fingerprint density at radius 1 is 0.676 bits per heavy atom. The first-order chi connectivity index (χ1) is 33.5. The fraction of sp³-hybridized carbons (Fsp3) is 0.729. The van der Waals surface area contributed by atoms with Gasteiger partial charge in [0.15, 0.2) is 0 Å². The number of aliphatic carboxylic acids is 2. The van der Waals surface area contributed by atoms with Crippen LogP contribution in [0.5, 0.6) is 0 Å². The predicted molar refractivity (Wildman–Crippen MR) is 271 cm³/mol. The molecule has 0 fully saturated rings. The van der Waals surface area contributed by atoms with Crippen molar-refractivity contribution >= 4 is 57.2 Å². The van der Waals surface area contributed by atoms with Gasteiger partial charge in [0.25, 0.3) is 5.91 Å². The summed E-state index contributed by atoms with van der Waals surface area (Å²) in [5, 5.41) is 39.5. The third-order valence-electron chi connectivity index (χ3n) is 11.2. The van der Waals surface area contributed by atoms with Gasteiger partial charge < -0.3 is 62.6 Å². The summed E-state index contributed by atoms with van der Waals surface area (Å²) in [7, 11) is -3.23. The third-order valence-corrected chi connectivity index (χ3v) is 12.7. The summed E-state index contributed by atoms with van der Waals surface area (Å²) < 4.78 is 36.8. The van der Waals surface area contributed by atoms with Crippen LogP contribution in [0.3, 0.4) is 0 Å². The highest BCUT2D eigenvalue weighted by atomic mass is 32.2. The highest BCUT2D eigenvalue weighted by molar-refractivity contribution is 7.89. The zero-order valence-corrected chi connectivity index (χ0v) is 43.7. The zero-order valence-electron chi connectivity index (χ0n) is 42.9. The van der Waals surface area contributed by atoms with E-state index in [0.717, 1.165) is 38.0 Å². The topological polar surface area (TPSA) is 335 Å². The molecule has 0 saturated heterocycles. The molecule has 5 amide bonds. The van der Waals surface area contributed by atoms with Gasteiger partial charge in [-0.1, -0.05) is 41.5 Å². The van der Waals surface area contributed by atoms with Gasteiger partial charge in [0, 0.05) is 56.8 Å². The molecule has 0 spiro atoms. The van der Waals surface area contributed by atoms with Crippen molar-refractivity contribution in [2.45, 2.75) is 137 Å². The second-order valence-electron chi connectivity index (χ2n) is 19.1. The highest BCUT2D eigenvalue weighted by Gasteiger charge is 2.30. The van der Waals surface area contributed by atoms with Gasteiger partial charge in [0.2, 0.25) is 33.7 Å². The molecule has 3 atom stereocenters. The smallest absolute Gasteiger partial charge is 0.326 e. The molecule has 0 bridgehead atoms. The van der Waals surface area contributed by atoms with Crippen molar-refractivity contribution in [1.82, 2.24) is 36.6 Å². The summed E-state index contributed by atoms with van der Waals surface area (Å²) >= 11 is 0. The number of sulfonamides is 1. The minimum absolute atomic E-state index is 0.0398. The van der Waals surface area contributed by atoms with Crippen molar-refractivity contribution < 1.29 is 61.7 Å². The number of unbranched alkanes of at least 4 members (excludes halogenated alkanes) is 2. The van der Waals surface area contributed by atoms with Crippen LogP contribution in [0.2, 0.25) is 0 Å². The van der Waals surface area contributed by atoms with Gasteiger partial charge in [0.1, 0.15) is 24.7 Å². The van der Waals surface area contributed by atoms with E-state index in [1.54, 1.807) is 19.1 Å². The first-order valence-corrected chi connectivity index (χ1v) is 26.4. The van der Waals surface area contributed by atoms with E-state index < -0.39 is 63.7 Å². The predicted octanol–water partition coefficient (Wildman–Crippen LogP) is 1.84. The highest BCUT2D eigenvalue weighted by Crippen LogP contribution is 2.35. The molecule has 3 unspecified atom stereocenters. The SMILES string of the molecule is CCCNc1ccc(C(=O)NCCCCC(NC(=O)COCCOCCNC(=O)CCC(NC(=O)CCC(NCCC(C)(C)CC(C)(C)CNCCCCS(=O)(=O)NCC)C(=O)O)C(=O)O)C(N)=O)cc1. The number of rotatable bonds is 43. The van der Waals surface area contributed by atoms with Gasteiger partial charge in [-0.2, -0.15) is 0 Å². The molecule has 406 valence electrons. The number of carbonyl (C=O) groups excluding carboxylic acids is 5. The Labute approximate surface area is 420 Å². The molecule has 0 heterocycles. The first kappa shape index (κ1) is 64.1. The normalized spacial score (nSPS) is 13.1. The van der Waals surface area contributed by atoms with Gasteiger partial charge >= 0.3 is 11.9 Å². The van der Waals surface area contributed by atoms with Crippen LogP contribution in [0.15, 0.2) is 24.3 Å². The van der Waals surface area contributed by atoms with E-state index in [1.807, 2.05) is 12.1 Å². The van der Waals surface area contributed by atoms with Gasteiger partial charge in [-0.05, 0) is 112 Å². The number of nitrogens with two attached hydrogens (primary N) is 1. The molecule has 0 aliphatic carbocycles. The van der Waals surface area contributed by atoms with E-state index in [4.69, 9.17) is 15.2 Å².